The SMILES string of the molecule is NC(=O)[C@H]1CCCC[C@H]1NC(=O)Nc1ccnc(Br)c1. The minimum absolute atomic E-state index is 0.188. The van der Waals surface area contributed by atoms with Crippen LogP contribution in [-0.2, 0) is 4.79 Å². The molecule has 2 rings (SSSR count). The Bertz CT molecular complexity index is 509. The summed E-state index contributed by atoms with van der Waals surface area (Å²) in [5.74, 6) is -0.625. The molecule has 0 spiro atoms. The molecule has 0 saturated heterocycles. The third kappa shape index (κ3) is 3.93. The Hall–Kier alpha value is -1.63. The average Bonchev–Trinajstić information content (AvgIpc) is 2.38. The molecule has 108 valence electrons. The highest BCUT2D eigenvalue weighted by Gasteiger charge is 2.30. The van der Waals surface area contributed by atoms with Crippen LogP contribution in [-0.4, -0.2) is 23.0 Å². The molecule has 6 nitrogen and oxygen atoms in total. The number of aromatic nitrogens is 1. The first kappa shape index (κ1) is 14.8. The summed E-state index contributed by atoms with van der Waals surface area (Å²) in [6.45, 7) is 0. The van der Waals surface area contributed by atoms with Crippen LogP contribution in [0.2, 0.25) is 0 Å². The Morgan fingerprint density at radius 2 is 2.10 bits per heavy atom. The van der Waals surface area contributed by atoms with Crippen molar-refractivity contribution < 1.29 is 9.59 Å². The summed E-state index contributed by atoms with van der Waals surface area (Å²) in [6, 6.07) is 2.87. The van der Waals surface area contributed by atoms with Crippen molar-refractivity contribution in [2.24, 2.45) is 11.7 Å². The van der Waals surface area contributed by atoms with Gasteiger partial charge >= 0.3 is 6.03 Å². The zero-order chi connectivity index (χ0) is 14.5. The van der Waals surface area contributed by atoms with Gasteiger partial charge in [0, 0.05) is 17.9 Å². The number of carbonyl (C=O) groups excluding carboxylic acids is 2. The second-order valence-corrected chi connectivity index (χ2v) is 5.68. The van der Waals surface area contributed by atoms with Crippen molar-refractivity contribution in [1.29, 1.82) is 0 Å². The van der Waals surface area contributed by atoms with Gasteiger partial charge in [0.25, 0.3) is 0 Å². The summed E-state index contributed by atoms with van der Waals surface area (Å²) in [5.41, 5.74) is 6.02. The number of rotatable bonds is 3. The number of carbonyl (C=O) groups is 2. The second-order valence-electron chi connectivity index (χ2n) is 4.87. The Morgan fingerprint density at radius 1 is 1.35 bits per heavy atom. The van der Waals surface area contributed by atoms with E-state index in [1.807, 2.05) is 0 Å². The third-order valence-corrected chi connectivity index (χ3v) is 3.87. The van der Waals surface area contributed by atoms with E-state index in [4.69, 9.17) is 5.73 Å². The summed E-state index contributed by atoms with van der Waals surface area (Å²) in [7, 11) is 0. The number of nitrogens with zero attached hydrogens (tertiary/aromatic N) is 1. The van der Waals surface area contributed by atoms with Crippen LogP contribution in [0.5, 0.6) is 0 Å². The van der Waals surface area contributed by atoms with Gasteiger partial charge in [-0.05, 0) is 40.9 Å². The Labute approximate surface area is 125 Å². The molecule has 3 amide bonds. The molecule has 1 aliphatic rings. The minimum Gasteiger partial charge on any atom is -0.369 e. The first-order valence-corrected chi connectivity index (χ1v) is 7.34. The van der Waals surface area contributed by atoms with Crippen LogP contribution in [0.4, 0.5) is 10.5 Å². The highest BCUT2D eigenvalue weighted by atomic mass is 79.9. The number of hydrogen-bond donors (Lipinski definition) is 3. The number of halogens is 1. The topological polar surface area (TPSA) is 97.1 Å². The van der Waals surface area contributed by atoms with Crippen molar-refractivity contribution in [3.8, 4) is 0 Å². The van der Waals surface area contributed by atoms with E-state index in [1.54, 1.807) is 18.3 Å². The summed E-state index contributed by atoms with van der Waals surface area (Å²) < 4.78 is 0.642. The lowest BCUT2D eigenvalue weighted by atomic mass is 9.84. The van der Waals surface area contributed by atoms with Crippen molar-refractivity contribution in [2.45, 2.75) is 31.7 Å². The molecular formula is C13H17BrN4O2. The van der Waals surface area contributed by atoms with Gasteiger partial charge in [-0.3, -0.25) is 4.79 Å². The van der Waals surface area contributed by atoms with E-state index in [9.17, 15) is 9.59 Å². The predicted molar refractivity (Wildman–Crippen MR) is 79.0 cm³/mol. The molecule has 1 aromatic rings. The first-order chi connectivity index (χ1) is 9.56. The van der Waals surface area contributed by atoms with Gasteiger partial charge in [-0.15, -0.1) is 0 Å². The van der Waals surface area contributed by atoms with Crippen LogP contribution in [0.3, 0.4) is 0 Å². The molecule has 1 aromatic heterocycles. The molecule has 0 unspecified atom stereocenters. The molecule has 0 aromatic carbocycles. The predicted octanol–water partition coefficient (Wildman–Crippen LogP) is 2.01. The van der Waals surface area contributed by atoms with Crippen LogP contribution in [0.25, 0.3) is 0 Å². The quantitative estimate of drug-likeness (QED) is 0.734. The van der Waals surface area contributed by atoms with Gasteiger partial charge in [-0.25, -0.2) is 9.78 Å². The van der Waals surface area contributed by atoms with Gasteiger partial charge < -0.3 is 16.4 Å². The fourth-order valence-electron chi connectivity index (χ4n) is 2.46. The van der Waals surface area contributed by atoms with Crippen molar-refractivity contribution in [3.05, 3.63) is 22.9 Å². The molecule has 1 fully saturated rings. The van der Waals surface area contributed by atoms with Crippen LogP contribution in [0.15, 0.2) is 22.9 Å². The number of nitrogens with two attached hydrogens (primary N) is 1. The monoisotopic (exact) mass is 340 g/mol. The molecule has 1 aliphatic carbocycles. The van der Waals surface area contributed by atoms with Crippen LogP contribution >= 0.6 is 15.9 Å². The summed E-state index contributed by atoms with van der Waals surface area (Å²) in [5, 5.41) is 5.55. The maximum absolute atomic E-state index is 12.0. The van der Waals surface area contributed by atoms with Crippen molar-refractivity contribution in [3.63, 3.8) is 0 Å². The number of hydrogen-bond acceptors (Lipinski definition) is 3. The van der Waals surface area contributed by atoms with Crippen LogP contribution in [0, 0.1) is 5.92 Å². The normalized spacial score (nSPS) is 22.1. The number of urea groups is 1. The van der Waals surface area contributed by atoms with Gasteiger partial charge in [-0.2, -0.15) is 0 Å². The first-order valence-electron chi connectivity index (χ1n) is 6.54. The number of pyridine rings is 1. The number of anilines is 1. The van der Waals surface area contributed by atoms with Crippen molar-refractivity contribution >= 4 is 33.6 Å². The van der Waals surface area contributed by atoms with Crippen molar-refractivity contribution in [2.75, 3.05) is 5.32 Å². The fraction of sp³-hybridized carbons (Fsp3) is 0.462. The molecule has 0 radical (unpaired) electrons. The number of nitrogens with one attached hydrogen (secondary N) is 2. The molecule has 2 atom stereocenters. The molecule has 1 saturated carbocycles. The van der Waals surface area contributed by atoms with E-state index in [0.717, 1.165) is 25.7 Å². The highest BCUT2D eigenvalue weighted by molar-refractivity contribution is 9.10. The Balaban J connectivity index is 1.94. The van der Waals surface area contributed by atoms with Gasteiger partial charge in [0.05, 0.1) is 5.92 Å². The number of primary amides is 1. The standard InChI is InChI=1S/C13H17BrN4O2/c14-11-7-8(5-6-16-11)17-13(20)18-10-4-2-1-3-9(10)12(15)19/h5-7,9-10H,1-4H2,(H2,15,19)(H2,16,17,18,20)/t9-,10+/m0/s1. The van der Waals surface area contributed by atoms with Gasteiger partial charge in [-0.1, -0.05) is 12.8 Å². The smallest absolute Gasteiger partial charge is 0.319 e. The van der Waals surface area contributed by atoms with E-state index in [-0.39, 0.29) is 23.9 Å². The van der Waals surface area contributed by atoms with Crippen LogP contribution in [0.1, 0.15) is 25.7 Å². The van der Waals surface area contributed by atoms with E-state index < -0.39 is 0 Å². The maximum atomic E-state index is 12.0. The van der Waals surface area contributed by atoms with Gasteiger partial charge in [0.1, 0.15) is 4.60 Å². The van der Waals surface area contributed by atoms with E-state index in [1.165, 1.54) is 0 Å². The van der Waals surface area contributed by atoms with Gasteiger partial charge in [0.2, 0.25) is 5.91 Å². The summed E-state index contributed by atoms with van der Waals surface area (Å²) in [6.07, 6.45) is 5.08. The molecule has 1 heterocycles. The highest BCUT2D eigenvalue weighted by Crippen LogP contribution is 2.24. The summed E-state index contributed by atoms with van der Waals surface area (Å²) in [4.78, 5) is 27.3. The van der Waals surface area contributed by atoms with Gasteiger partial charge in [0.15, 0.2) is 0 Å². The van der Waals surface area contributed by atoms with E-state index in [0.29, 0.717) is 10.3 Å². The van der Waals surface area contributed by atoms with Crippen molar-refractivity contribution in [1.82, 2.24) is 10.3 Å². The lowest BCUT2D eigenvalue weighted by Crippen LogP contribution is -2.48. The molecule has 0 bridgehead atoms. The lowest BCUT2D eigenvalue weighted by molar-refractivity contribution is -0.123. The lowest BCUT2D eigenvalue weighted by Gasteiger charge is -2.29. The van der Waals surface area contributed by atoms with Crippen LogP contribution < -0.4 is 16.4 Å². The van der Waals surface area contributed by atoms with E-state index in [2.05, 4.69) is 31.5 Å². The molecule has 4 N–H and O–H groups in total. The Kier molecular flexibility index (Phi) is 4.94. The average molecular weight is 341 g/mol. The third-order valence-electron chi connectivity index (χ3n) is 3.43. The zero-order valence-corrected chi connectivity index (χ0v) is 12.5. The maximum Gasteiger partial charge on any atom is 0.319 e. The van der Waals surface area contributed by atoms with E-state index >= 15 is 0 Å². The fourth-order valence-corrected chi connectivity index (χ4v) is 2.82. The Morgan fingerprint density at radius 3 is 2.80 bits per heavy atom. The molecule has 20 heavy (non-hydrogen) atoms. The zero-order valence-electron chi connectivity index (χ0n) is 10.9. The largest absolute Gasteiger partial charge is 0.369 e. The number of amides is 3. The molecule has 7 heteroatoms. The minimum atomic E-state index is -0.346. The summed E-state index contributed by atoms with van der Waals surface area (Å²) >= 11 is 3.24. The second kappa shape index (κ2) is 6.69. The molecular weight excluding hydrogens is 324 g/mol. The molecule has 0 aliphatic heterocycles.